The van der Waals surface area contributed by atoms with E-state index in [1.165, 1.54) is 22.5 Å². The Morgan fingerprint density at radius 3 is 2.00 bits per heavy atom. The number of hydrogen-bond donors (Lipinski definition) is 0. The Balaban J connectivity index is 1.84. The third-order valence-electron chi connectivity index (χ3n) is 4.56. The number of fused-ring (bicyclic) bond motifs is 1. The standard InChI is InChI=1S/C20H19N3/c1-22-18-12-5-6-13-19(18)23(2)20(22)16-10-4-3-9-15(16)17-11-7-8-14-21-17/h3-14,20H,1-2H3. The molecule has 0 amide bonds. The molecular weight excluding hydrogens is 282 g/mol. The summed E-state index contributed by atoms with van der Waals surface area (Å²) in [5.41, 5.74) is 5.99. The average Bonchev–Trinajstić information content (AvgIpc) is 2.87. The number of para-hydroxylation sites is 2. The van der Waals surface area contributed by atoms with Gasteiger partial charge in [-0.1, -0.05) is 42.5 Å². The summed E-state index contributed by atoms with van der Waals surface area (Å²) in [6, 6.07) is 23.1. The molecule has 2 heterocycles. The molecular formula is C20H19N3. The quantitative estimate of drug-likeness (QED) is 0.702. The molecule has 1 aromatic heterocycles. The van der Waals surface area contributed by atoms with E-state index in [1.54, 1.807) is 0 Å². The van der Waals surface area contributed by atoms with E-state index in [1.807, 2.05) is 18.3 Å². The Hall–Kier alpha value is -2.81. The van der Waals surface area contributed by atoms with Gasteiger partial charge in [-0.2, -0.15) is 0 Å². The van der Waals surface area contributed by atoms with Gasteiger partial charge in [0.25, 0.3) is 0 Å². The van der Waals surface area contributed by atoms with Crippen LogP contribution in [0.25, 0.3) is 11.3 Å². The molecule has 0 unspecified atom stereocenters. The highest BCUT2D eigenvalue weighted by Crippen LogP contribution is 2.45. The summed E-state index contributed by atoms with van der Waals surface area (Å²) in [4.78, 5) is 9.20. The van der Waals surface area contributed by atoms with Gasteiger partial charge in [-0.05, 0) is 24.3 Å². The van der Waals surface area contributed by atoms with Crippen LogP contribution < -0.4 is 9.80 Å². The van der Waals surface area contributed by atoms with Gasteiger partial charge >= 0.3 is 0 Å². The molecule has 1 aliphatic rings. The Kier molecular flexibility index (Phi) is 3.27. The molecule has 0 aliphatic carbocycles. The molecule has 0 saturated carbocycles. The maximum Gasteiger partial charge on any atom is 0.128 e. The van der Waals surface area contributed by atoms with Crippen molar-refractivity contribution in [3.05, 3.63) is 78.5 Å². The van der Waals surface area contributed by atoms with Crippen molar-refractivity contribution in [3.8, 4) is 11.3 Å². The predicted octanol–water partition coefficient (Wildman–Crippen LogP) is 4.33. The third-order valence-corrected chi connectivity index (χ3v) is 4.56. The molecule has 0 N–H and O–H groups in total. The van der Waals surface area contributed by atoms with Crippen molar-refractivity contribution in [2.45, 2.75) is 6.17 Å². The fraction of sp³-hybridized carbons (Fsp3) is 0.150. The maximum absolute atomic E-state index is 4.54. The van der Waals surface area contributed by atoms with Gasteiger partial charge in [0.15, 0.2) is 0 Å². The highest BCUT2D eigenvalue weighted by atomic mass is 15.4. The highest BCUT2D eigenvalue weighted by molar-refractivity contribution is 5.79. The first kappa shape index (κ1) is 13.8. The number of aromatic nitrogens is 1. The van der Waals surface area contributed by atoms with Crippen molar-refractivity contribution >= 4 is 11.4 Å². The lowest BCUT2D eigenvalue weighted by Crippen LogP contribution is -2.31. The van der Waals surface area contributed by atoms with E-state index >= 15 is 0 Å². The molecule has 23 heavy (non-hydrogen) atoms. The zero-order valence-corrected chi connectivity index (χ0v) is 13.3. The summed E-state index contributed by atoms with van der Waals surface area (Å²) < 4.78 is 0. The average molecular weight is 301 g/mol. The molecule has 3 aromatic rings. The van der Waals surface area contributed by atoms with Crippen LogP contribution in [0.3, 0.4) is 0 Å². The molecule has 2 aromatic carbocycles. The first-order chi connectivity index (χ1) is 11.3. The second kappa shape index (κ2) is 5.43. The molecule has 4 rings (SSSR count). The molecule has 3 heteroatoms. The normalized spacial score (nSPS) is 14.2. The molecule has 114 valence electrons. The smallest absolute Gasteiger partial charge is 0.128 e. The molecule has 0 spiro atoms. The van der Waals surface area contributed by atoms with E-state index in [4.69, 9.17) is 0 Å². The van der Waals surface area contributed by atoms with Gasteiger partial charge in [0.2, 0.25) is 0 Å². The zero-order valence-electron chi connectivity index (χ0n) is 13.3. The Labute approximate surface area is 136 Å². The van der Waals surface area contributed by atoms with Gasteiger partial charge in [0.1, 0.15) is 6.17 Å². The second-order valence-corrected chi connectivity index (χ2v) is 5.89. The van der Waals surface area contributed by atoms with Crippen LogP contribution in [0.2, 0.25) is 0 Å². The minimum atomic E-state index is 0.172. The highest BCUT2D eigenvalue weighted by Gasteiger charge is 2.33. The summed E-state index contributed by atoms with van der Waals surface area (Å²) in [5.74, 6) is 0. The molecule has 0 fully saturated rings. The Morgan fingerprint density at radius 2 is 1.35 bits per heavy atom. The summed E-state index contributed by atoms with van der Waals surface area (Å²) in [6.45, 7) is 0. The molecule has 0 bridgehead atoms. The van der Waals surface area contributed by atoms with Crippen LogP contribution in [0.5, 0.6) is 0 Å². The van der Waals surface area contributed by atoms with Crippen LogP contribution in [0.15, 0.2) is 72.9 Å². The van der Waals surface area contributed by atoms with Gasteiger partial charge in [-0.25, -0.2) is 0 Å². The lowest BCUT2D eigenvalue weighted by Gasteiger charge is -2.30. The maximum atomic E-state index is 4.54. The lowest BCUT2D eigenvalue weighted by molar-refractivity contribution is 0.696. The van der Waals surface area contributed by atoms with Crippen LogP contribution >= 0.6 is 0 Å². The number of hydrogen-bond acceptors (Lipinski definition) is 3. The minimum absolute atomic E-state index is 0.172. The zero-order chi connectivity index (χ0) is 15.8. The van der Waals surface area contributed by atoms with E-state index in [2.05, 4.69) is 83.5 Å². The van der Waals surface area contributed by atoms with Gasteiger partial charge in [0, 0.05) is 31.4 Å². The first-order valence-corrected chi connectivity index (χ1v) is 7.82. The van der Waals surface area contributed by atoms with E-state index in [9.17, 15) is 0 Å². The summed E-state index contributed by atoms with van der Waals surface area (Å²) in [7, 11) is 4.31. The van der Waals surface area contributed by atoms with Crippen LogP contribution in [-0.4, -0.2) is 19.1 Å². The molecule has 0 saturated heterocycles. The summed E-state index contributed by atoms with van der Waals surface area (Å²) in [6.07, 6.45) is 2.02. The van der Waals surface area contributed by atoms with E-state index in [0.29, 0.717) is 0 Å². The molecule has 3 nitrogen and oxygen atoms in total. The van der Waals surface area contributed by atoms with Crippen LogP contribution in [0.1, 0.15) is 11.7 Å². The topological polar surface area (TPSA) is 19.4 Å². The monoisotopic (exact) mass is 301 g/mol. The van der Waals surface area contributed by atoms with E-state index in [-0.39, 0.29) is 6.17 Å². The van der Waals surface area contributed by atoms with E-state index in [0.717, 1.165) is 5.69 Å². The van der Waals surface area contributed by atoms with Crippen molar-refractivity contribution in [1.82, 2.24) is 4.98 Å². The number of nitrogens with zero attached hydrogens (tertiary/aromatic N) is 3. The molecule has 1 aliphatic heterocycles. The fourth-order valence-electron chi connectivity index (χ4n) is 3.48. The predicted molar refractivity (Wildman–Crippen MR) is 95.7 cm³/mol. The third kappa shape index (κ3) is 2.16. The van der Waals surface area contributed by atoms with Gasteiger partial charge in [-0.3, -0.25) is 4.98 Å². The number of anilines is 2. The van der Waals surface area contributed by atoms with Crippen molar-refractivity contribution < 1.29 is 0 Å². The largest absolute Gasteiger partial charge is 0.349 e. The van der Waals surface area contributed by atoms with Crippen molar-refractivity contribution in [2.75, 3.05) is 23.9 Å². The van der Waals surface area contributed by atoms with Gasteiger partial charge in [0.05, 0.1) is 17.1 Å². The summed E-state index contributed by atoms with van der Waals surface area (Å²) in [5, 5.41) is 0. The fourth-order valence-corrected chi connectivity index (χ4v) is 3.48. The number of pyridine rings is 1. The van der Waals surface area contributed by atoms with E-state index < -0.39 is 0 Å². The lowest BCUT2D eigenvalue weighted by atomic mass is 10.0. The number of rotatable bonds is 2. The summed E-state index contributed by atoms with van der Waals surface area (Å²) >= 11 is 0. The number of benzene rings is 2. The van der Waals surface area contributed by atoms with Crippen LogP contribution in [-0.2, 0) is 0 Å². The molecule has 0 radical (unpaired) electrons. The van der Waals surface area contributed by atoms with Crippen molar-refractivity contribution in [3.63, 3.8) is 0 Å². The Morgan fingerprint density at radius 1 is 0.739 bits per heavy atom. The van der Waals surface area contributed by atoms with Crippen LogP contribution in [0.4, 0.5) is 11.4 Å². The SMILES string of the molecule is CN1c2ccccc2N(C)C1c1ccccc1-c1ccccn1. The Bertz CT molecular complexity index is 800. The molecule has 0 atom stereocenters. The van der Waals surface area contributed by atoms with Crippen molar-refractivity contribution in [2.24, 2.45) is 0 Å². The van der Waals surface area contributed by atoms with Crippen LogP contribution in [0, 0.1) is 0 Å². The van der Waals surface area contributed by atoms with Gasteiger partial charge in [-0.15, -0.1) is 0 Å². The van der Waals surface area contributed by atoms with Crippen molar-refractivity contribution in [1.29, 1.82) is 0 Å². The second-order valence-electron chi connectivity index (χ2n) is 5.89. The minimum Gasteiger partial charge on any atom is -0.349 e. The van der Waals surface area contributed by atoms with Gasteiger partial charge < -0.3 is 9.80 Å². The first-order valence-electron chi connectivity index (χ1n) is 7.82.